The largest absolute Gasteiger partial charge is 0.508 e. The van der Waals surface area contributed by atoms with E-state index in [2.05, 4.69) is 15.4 Å². The van der Waals surface area contributed by atoms with Crippen molar-refractivity contribution < 1.29 is 25.2 Å². The van der Waals surface area contributed by atoms with E-state index in [1.807, 2.05) is 36.4 Å². The van der Waals surface area contributed by atoms with E-state index in [-0.39, 0.29) is 34.3 Å². The highest BCUT2D eigenvalue weighted by molar-refractivity contribution is 6.04. The van der Waals surface area contributed by atoms with E-state index in [1.165, 1.54) is 30.3 Å². The lowest BCUT2D eigenvalue weighted by Crippen LogP contribution is -2.01. The van der Waals surface area contributed by atoms with Crippen LogP contribution in [0.5, 0.6) is 28.7 Å². The molecule has 4 aromatic carbocycles. The highest BCUT2D eigenvalue weighted by Crippen LogP contribution is 2.46. The van der Waals surface area contributed by atoms with Crippen LogP contribution in [-0.2, 0) is 0 Å². The number of hydrogen-bond acceptors (Lipinski definition) is 8. The summed E-state index contributed by atoms with van der Waals surface area (Å²) in [6.45, 7) is 0. The van der Waals surface area contributed by atoms with E-state index >= 15 is 0 Å². The lowest BCUT2D eigenvalue weighted by molar-refractivity contribution is 0.420. The van der Waals surface area contributed by atoms with E-state index in [4.69, 9.17) is 4.74 Å². The number of nitrogens with zero attached hydrogens (tertiary/aromatic N) is 3. The fourth-order valence-electron chi connectivity index (χ4n) is 4.06. The van der Waals surface area contributed by atoms with Gasteiger partial charge in [-0.2, -0.15) is 0 Å². The highest BCUT2D eigenvalue weighted by Gasteiger charge is 2.24. The van der Waals surface area contributed by atoms with Crippen LogP contribution < -0.4 is 4.74 Å². The molecule has 1 aromatic heterocycles. The summed E-state index contributed by atoms with van der Waals surface area (Å²) >= 11 is 0. The van der Waals surface area contributed by atoms with Crippen molar-refractivity contribution in [2.45, 2.75) is 0 Å². The van der Waals surface area contributed by atoms with Gasteiger partial charge in [-0.1, -0.05) is 24.3 Å². The standard InChI is InChI=1S/C26H19N3O5/c1-34-23-11-10-18(16-4-2-3-5-17(16)23)25-24(19-8-6-14(30)12-21(19)32)26(28-29-27-25)20-9-7-15(31)13-22(20)33/h2-13,30-33H,1H3. The Labute approximate surface area is 194 Å². The molecule has 0 atom stereocenters. The number of benzene rings is 4. The van der Waals surface area contributed by atoms with E-state index < -0.39 is 0 Å². The lowest BCUT2D eigenvalue weighted by atomic mass is 9.91. The maximum Gasteiger partial charge on any atom is 0.128 e. The number of phenols is 4. The Hall–Kier alpha value is -4.85. The van der Waals surface area contributed by atoms with Gasteiger partial charge in [-0.3, -0.25) is 0 Å². The molecule has 0 aliphatic carbocycles. The van der Waals surface area contributed by atoms with Crippen molar-refractivity contribution in [1.29, 1.82) is 0 Å². The van der Waals surface area contributed by atoms with Crippen molar-refractivity contribution >= 4 is 10.8 Å². The maximum atomic E-state index is 10.7. The molecule has 8 heteroatoms. The summed E-state index contributed by atoms with van der Waals surface area (Å²) in [5.41, 5.74) is 2.35. The van der Waals surface area contributed by atoms with Crippen LogP contribution in [-0.4, -0.2) is 42.9 Å². The molecule has 0 aliphatic heterocycles. The summed E-state index contributed by atoms with van der Waals surface area (Å²) in [6.07, 6.45) is 0. The Bertz CT molecular complexity index is 1550. The number of methoxy groups -OCH3 is 1. The van der Waals surface area contributed by atoms with Gasteiger partial charge in [-0.05, 0) is 47.0 Å². The molecule has 0 bridgehead atoms. The molecule has 1 heterocycles. The van der Waals surface area contributed by atoms with Crippen LogP contribution in [0.1, 0.15) is 0 Å². The van der Waals surface area contributed by atoms with Gasteiger partial charge in [0.25, 0.3) is 0 Å². The summed E-state index contributed by atoms with van der Waals surface area (Å²) in [7, 11) is 1.60. The minimum absolute atomic E-state index is 0.110. The van der Waals surface area contributed by atoms with Crippen LogP contribution in [0.4, 0.5) is 0 Å². The summed E-state index contributed by atoms with van der Waals surface area (Å²) in [5, 5.41) is 55.0. The third-order valence-corrected chi connectivity index (χ3v) is 5.61. The van der Waals surface area contributed by atoms with Crippen LogP contribution in [0, 0.1) is 0 Å². The van der Waals surface area contributed by atoms with Crippen molar-refractivity contribution in [2.24, 2.45) is 0 Å². The van der Waals surface area contributed by atoms with E-state index in [0.717, 1.165) is 10.8 Å². The van der Waals surface area contributed by atoms with Gasteiger partial charge in [0.2, 0.25) is 0 Å². The average molecular weight is 453 g/mol. The Kier molecular flexibility index (Phi) is 5.10. The fraction of sp³-hybridized carbons (Fsp3) is 0.0385. The van der Waals surface area contributed by atoms with Gasteiger partial charge in [0.1, 0.15) is 40.1 Å². The number of aromatic hydroxyl groups is 4. The molecule has 0 saturated heterocycles. The van der Waals surface area contributed by atoms with Gasteiger partial charge < -0.3 is 25.2 Å². The Morgan fingerprint density at radius 2 is 1.18 bits per heavy atom. The zero-order chi connectivity index (χ0) is 23.8. The number of fused-ring (bicyclic) bond motifs is 1. The van der Waals surface area contributed by atoms with Crippen LogP contribution in [0.3, 0.4) is 0 Å². The minimum Gasteiger partial charge on any atom is -0.508 e. The molecule has 0 spiro atoms. The molecule has 0 unspecified atom stereocenters. The van der Waals surface area contributed by atoms with Crippen molar-refractivity contribution in [3.63, 3.8) is 0 Å². The Morgan fingerprint density at radius 1 is 0.618 bits per heavy atom. The number of aromatic nitrogens is 3. The first-order valence-electron chi connectivity index (χ1n) is 10.3. The van der Waals surface area contributed by atoms with E-state index in [9.17, 15) is 20.4 Å². The van der Waals surface area contributed by atoms with Gasteiger partial charge in [-0.15, -0.1) is 10.2 Å². The molecule has 5 aromatic rings. The van der Waals surface area contributed by atoms with Gasteiger partial charge >= 0.3 is 0 Å². The SMILES string of the molecule is COc1ccc(-c2nnnc(-c3ccc(O)cc3O)c2-c2ccc(O)cc2O)c2ccccc12. The Balaban J connectivity index is 1.89. The van der Waals surface area contributed by atoms with Crippen LogP contribution in [0.2, 0.25) is 0 Å². The van der Waals surface area contributed by atoms with Crippen LogP contribution in [0.25, 0.3) is 44.4 Å². The van der Waals surface area contributed by atoms with Crippen molar-refractivity contribution in [1.82, 2.24) is 15.4 Å². The second-order valence-corrected chi connectivity index (χ2v) is 7.63. The maximum absolute atomic E-state index is 10.7. The first kappa shape index (κ1) is 21.0. The summed E-state index contributed by atoms with van der Waals surface area (Å²) in [5.74, 6) is 0.0473. The molecular weight excluding hydrogens is 434 g/mol. The quantitative estimate of drug-likeness (QED) is 0.304. The number of rotatable bonds is 4. The summed E-state index contributed by atoms with van der Waals surface area (Å²) < 4.78 is 5.51. The molecule has 0 saturated carbocycles. The number of hydrogen-bond donors (Lipinski definition) is 4. The van der Waals surface area contributed by atoms with Gasteiger partial charge in [0.05, 0.1) is 7.11 Å². The van der Waals surface area contributed by atoms with Crippen LogP contribution >= 0.6 is 0 Å². The molecule has 34 heavy (non-hydrogen) atoms. The third-order valence-electron chi connectivity index (χ3n) is 5.61. The van der Waals surface area contributed by atoms with Crippen molar-refractivity contribution in [3.8, 4) is 62.4 Å². The van der Waals surface area contributed by atoms with E-state index in [0.29, 0.717) is 28.1 Å². The first-order valence-corrected chi connectivity index (χ1v) is 10.3. The summed E-state index contributed by atoms with van der Waals surface area (Å²) in [4.78, 5) is 0. The molecule has 0 fully saturated rings. The predicted molar refractivity (Wildman–Crippen MR) is 127 cm³/mol. The highest BCUT2D eigenvalue weighted by atomic mass is 16.5. The first-order chi connectivity index (χ1) is 16.5. The minimum atomic E-state index is -0.217. The molecular formula is C26H19N3O5. The number of ether oxygens (including phenoxy) is 1. The molecule has 0 radical (unpaired) electrons. The molecule has 5 rings (SSSR count). The van der Waals surface area contributed by atoms with Crippen LogP contribution in [0.15, 0.2) is 72.8 Å². The normalized spacial score (nSPS) is 11.0. The second-order valence-electron chi connectivity index (χ2n) is 7.63. The smallest absolute Gasteiger partial charge is 0.128 e. The van der Waals surface area contributed by atoms with Crippen molar-refractivity contribution in [3.05, 3.63) is 72.8 Å². The molecule has 168 valence electrons. The number of phenolic OH excluding ortho intramolecular Hbond substituents is 4. The predicted octanol–water partition coefficient (Wildman–Crippen LogP) is 4.86. The molecule has 0 aliphatic rings. The monoisotopic (exact) mass is 453 g/mol. The fourth-order valence-corrected chi connectivity index (χ4v) is 4.06. The zero-order valence-electron chi connectivity index (χ0n) is 18.0. The van der Waals surface area contributed by atoms with E-state index in [1.54, 1.807) is 13.2 Å². The zero-order valence-corrected chi connectivity index (χ0v) is 18.0. The molecule has 4 N–H and O–H groups in total. The average Bonchev–Trinajstić information content (AvgIpc) is 2.83. The summed E-state index contributed by atoms with van der Waals surface area (Å²) in [6, 6.07) is 19.6. The van der Waals surface area contributed by atoms with Crippen molar-refractivity contribution in [2.75, 3.05) is 7.11 Å². The second kappa shape index (κ2) is 8.25. The molecule has 0 amide bonds. The van der Waals surface area contributed by atoms with Gasteiger partial charge in [-0.25, -0.2) is 0 Å². The van der Waals surface area contributed by atoms with Gasteiger partial charge in [0, 0.05) is 39.8 Å². The topological polar surface area (TPSA) is 129 Å². The molecule has 8 nitrogen and oxygen atoms in total. The lowest BCUT2D eigenvalue weighted by Gasteiger charge is -2.17. The third kappa shape index (κ3) is 3.47. The van der Waals surface area contributed by atoms with Gasteiger partial charge in [0.15, 0.2) is 0 Å². The Morgan fingerprint density at radius 3 is 1.79 bits per heavy atom.